The Bertz CT molecular complexity index is 925. The number of para-hydroxylation sites is 1. The fraction of sp³-hybridized carbons (Fsp3) is 0.0667. The zero-order valence-electron chi connectivity index (χ0n) is 11.7. The summed E-state index contributed by atoms with van der Waals surface area (Å²) in [5, 5.41) is 28.5. The number of benzene rings is 2. The Kier molecular flexibility index (Phi) is 4.03. The molecule has 7 nitrogen and oxygen atoms in total. The molecule has 3 aromatic rings. The number of hydrogen-bond donors (Lipinski definition) is 0. The summed E-state index contributed by atoms with van der Waals surface area (Å²) in [6.07, 6.45) is 0. The Labute approximate surface area is 134 Å². The lowest BCUT2D eigenvalue weighted by atomic mass is 10.2. The van der Waals surface area contributed by atoms with Crippen LogP contribution < -0.4 is 0 Å². The Balaban J connectivity index is 1.82. The van der Waals surface area contributed by atoms with Gasteiger partial charge in [-0.1, -0.05) is 12.1 Å². The molecule has 0 aliphatic heterocycles. The van der Waals surface area contributed by atoms with Gasteiger partial charge in [0.05, 0.1) is 26.8 Å². The van der Waals surface area contributed by atoms with Crippen LogP contribution >= 0.6 is 11.3 Å². The molecule has 0 atom stereocenters. The van der Waals surface area contributed by atoms with E-state index >= 15 is 0 Å². The summed E-state index contributed by atoms with van der Waals surface area (Å²) in [6, 6.07) is 13.7. The van der Waals surface area contributed by atoms with Crippen LogP contribution in [0.2, 0.25) is 0 Å². The lowest BCUT2D eigenvalue weighted by Crippen LogP contribution is -1.89. The number of nitro groups is 1. The fourth-order valence-electron chi connectivity index (χ4n) is 1.98. The van der Waals surface area contributed by atoms with Crippen LogP contribution in [-0.2, 0) is 6.54 Å². The second-order valence-corrected chi connectivity index (χ2v) is 5.66. The Morgan fingerprint density at radius 3 is 2.87 bits per heavy atom. The molecule has 1 heterocycles. The van der Waals surface area contributed by atoms with Crippen molar-refractivity contribution in [3.8, 4) is 6.07 Å². The van der Waals surface area contributed by atoms with Crippen LogP contribution in [0.4, 0.5) is 11.4 Å². The molecule has 0 fully saturated rings. The Hall–Kier alpha value is -3.18. The minimum atomic E-state index is -0.577. The van der Waals surface area contributed by atoms with Gasteiger partial charge in [-0.3, -0.25) is 10.1 Å². The first-order valence-corrected chi connectivity index (χ1v) is 7.39. The van der Waals surface area contributed by atoms with E-state index < -0.39 is 4.92 Å². The van der Waals surface area contributed by atoms with Crippen molar-refractivity contribution in [3.63, 3.8) is 0 Å². The number of fused-ring (bicyclic) bond motifs is 1. The molecule has 23 heavy (non-hydrogen) atoms. The van der Waals surface area contributed by atoms with Gasteiger partial charge >= 0.3 is 0 Å². The normalized spacial score (nSPS) is 10.9. The summed E-state index contributed by atoms with van der Waals surface area (Å²) in [5.41, 5.74) is 0.987. The fourth-order valence-corrected chi connectivity index (χ4v) is 2.87. The van der Waals surface area contributed by atoms with Crippen molar-refractivity contribution in [2.45, 2.75) is 6.54 Å². The zero-order valence-corrected chi connectivity index (χ0v) is 12.5. The van der Waals surface area contributed by atoms with Gasteiger partial charge in [0.15, 0.2) is 5.69 Å². The first kappa shape index (κ1) is 14.7. The smallest absolute Gasteiger partial charge is 0.258 e. The highest BCUT2D eigenvalue weighted by Gasteiger charge is 2.14. The van der Waals surface area contributed by atoms with Gasteiger partial charge in [0.2, 0.25) is 0 Å². The van der Waals surface area contributed by atoms with Crippen LogP contribution in [-0.4, -0.2) is 9.91 Å². The van der Waals surface area contributed by atoms with E-state index in [1.54, 1.807) is 0 Å². The molecule has 0 spiro atoms. The van der Waals surface area contributed by atoms with Crippen LogP contribution in [0.3, 0.4) is 0 Å². The van der Waals surface area contributed by atoms with E-state index in [0.29, 0.717) is 0 Å². The summed E-state index contributed by atoms with van der Waals surface area (Å²) in [4.78, 5) is 14.9. The summed E-state index contributed by atoms with van der Waals surface area (Å²) >= 11 is 1.51. The molecule has 0 aliphatic rings. The standard InChI is InChI=1S/C15H9N5O2S/c16-8-10-5-6-11(13(7-10)20(21)22)19-17-9-15-18-12-3-1-2-4-14(12)23-15/h1-7H,9H2. The number of thiazole rings is 1. The molecule has 0 saturated carbocycles. The lowest BCUT2D eigenvalue weighted by Gasteiger charge is -1.96. The molecule has 1 aromatic heterocycles. The third kappa shape index (κ3) is 3.20. The van der Waals surface area contributed by atoms with E-state index in [1.807, 2.05) is 30.3 Å². The van der Waals surface area contributed by atoms with Crippen molar-refractivity contribution in [3.05, 3.63) is 63.1 Å². The van der Waals surface area contributed by atoms with E-state index in [4.69, 9.17) is 5.26 Å². The second-order valence-electron chi connectivity index (χ2n) is 4.55. The SMILES string of the molecule is N#Cc1ccc(N=NCc2nc3ccccc3s2)c([N+](=O)[O-])c1. The molecule has 0 amide bonds. The van der Waals surface area contributed by atoms with Crippen molar-refractivity contribution < 1.29 is 4.92 Å². The Morgan fingerprint density at radius 2 is 2.13 bits per heavy atom. The number of azo groups is 1. The van der Waals surface area contributed by atoms with Crippen LogP contribution in [0.1, 0.15) is 10.6 Å². The highest BCUT2D eigenvalue weighted by molar-refractivity contribution is 7.18. The van der Waals surface area contributed by atoms with Crippen LogP contribution in [0.5, 0.6) is 0 Å². The molecular weight excluding hydrogens is 314 g/mol. The Morgan fingerprint density at radius 1 is 1.30 bits per heavy atom. The molecule has 3 rings (SSSR count). The molecule has 0 N–H and O–H groups in total. The maximum absolute atomic E-state index is 11.0. The van der Waals surface area contributed by atoms with Gasteiger partial charge in [0.25, 0.3) is 5.69 Å². The van der Waals surface area contributed by atoms with Crippen molar-refractivity contribution in [1.29, 1.82) is 5.26 Å². The molecule has 0 saturated heterocycles. The minimum Gasteiger partial charge on any atom is -0.258 e. The molecule has 2 aromatic carbocycles. The maximum Gasteiger partial charge on any atom is 0.298 e. The number of aromatic nitrogens is 1. The first-order valence-electron chi connectivity index (χ1n) is 6.58. The average Bonchev–Trinajstić information content (AvgIpc) is 2.97. The van der Waals surface area contributed by atoms with Crippen LogP contribution in [0.15, 0.2) is 52.7 Å². The molecule has 0 radical (unpaired) electrons. The minimum absolute atomic E-state index is 0.120. The summed E-state index contributed by atoms with van der Waals surface area (Å²) < 4.78 is 1.06. The van der Waals surface area contributed by atoms with Gasteiger partial charge in [-0.05, 0) is 24.3 Å². The molecular formula is C15H9N5O2S. The van der Waals surface area contributed by atoms with Crippen molar-refractivity contribution in [2.75, 3.05) is 0 Å². The van der Waals surface area contributed by atoms with Gasteiger partial charge in [0, 0.05) is 6.07 Å². The van der Waals surface area contributed by atoms with Crippen LogP contribution in [0.25, 0.3) is 10.2 Å². The predicted molar refractivity (Wildman–Crippen MR) is 85.7 cm³/mol. The van der Waals surface area contributed by atoms with E-state index in [-0.39, 0.29) is 23.5 Å². The number of rotatable bonds is 4. The summed E-state index contributed by atoms with van der Waals surface area (Å²) in [6.45, 7) is 0.247. The van der Waals surface area contributed by atoms with Gasteiger partial charge in [-0.25, -0.2) is 4.98 Å². The predicted octanol–water partition coefficient (Wildman–Crippen LogP) is 4.36. The van der Waals surface area contributed by atoms with Crippen LogP contribution in [0, 0.1) is 21.4 Å². The maximum atomic E-state index is 11.0. The number of nitrogens with zero attached hydrogens (tertiary/aromatic N) is 5. The van der Waals surface area contributed by atoms with Gasteiger partial charge in [-0.2, -0.15) is 10.4 Å². The monoisotopic (exact) mass is 323 g/mol. The van der Waals surface area contributed by atoms with Crippen molar-refractivity contribution in [2.24, 2.45) is 10.2 Å². The molecule has 0 unspecified atom stereocenters. The van der Waals surface area contributed by atoms with E-state index in [0.717, 1.165) is 15.2 Å². The number of nitro benzene ring substituents is 1. The third-order valence-corrected chi connectivity index (χ3v) is 4.04. The van der Waals surface area contributed by atoms with Crippen molar-refractivity contribution >= 4 is 32.9 Å². The van der Waals surface area contributed by atoms with Crippen molar-refractivity contribution in [1.82, 2.24) is 4.98 Å². The highest BCUT2D eigenvalue weighted by atomic mass is 32.1. The average molecular weight is 323 g/mol. The number of hydrogen-bond acceptors (Lipinski definition) is 7. The molecule has 0 bridgehead atoms. The molecule has 0 aliphatic carbocycles. The topological polar surface area (TPSA) is 105 Å². The van der Waals surface area contributed by atoms with Gasteiger partial charge in [0.1, 0.15) is 11.6 Å². The molecule has 112 valence electrons. The largest absolute Gasteiger partial charge is 0.298 e. The highest BCUT2D eigenvalue weighted by Crippen LogP contribution is 2.29. The van der Waals surface area contributed by atoms with E-state index in [2.05, 4.69) is 15.2 Å². The van der Waals surface area contributed by atoms with Gasteiger partial charge in [-0.15, -0.1) is 16.5 Å². The zero-order chi connectivity index (χ0) is 16.2. The summed E-state index contributed by atoms with van der Waals surface area (Å²) in [5.74, 6) is 0. The first-order chi connectivity index (χ1) is 11.2. The van der Waals surface area contributed by atoms with E-state index in [9.17, 15) is 10.1 Å². The summed E-state index contributed by atoms with van der Waals surface area (Å²) in [7, 11) is 0. The third-order valence-electron chi connectivity index (χ3n) is 3.02. The quantitative estimate of drug-likeness (QED) is 0.404. The van der Waals surface area contributed by atoms with E-state index in [1.165, 1.54) is 29.5 Å². The second kappa shape index (κ2) is 6.29. The lowest BCUT2D eigenvalue weighted by molar-refractivity contribution is -0.384. The number of nitriles is 1. The molecule has 8 heteroatoms. The van der Waals surface area contributed by atoms with Gasteiger partial charge < -0.3 is 0 Å².